The molecule has 3 nitrogen and oxygen atoms in total. The fourth-order valence-corrected chi connectivity index (χ4v) is 2.41. The van der Waals surface area contributed by atoms with Crippen molar-refractivity contribution >= 4 is 12.0 Å². The lowest BCUT2D eigenvalue weighted by Gasteiger charge is -2.03. The van der Waals surface area contributed by atoms with Gasteiger partial charge in [-0.15, -0.1) is 0 Å². The molecule has 0 aliphatic rings. The number of carbonyl (C=O) groups is 1. The molecule has 1 heterocycles. The fraction of sp³-hybridized carbons (Fsp3) is 0.632. The Morgan fingerprint density at radius 1 is 1.05 bits per heavy atom. The van der Waals surface area contributed by atoms with Crippen molar-refractivity contribution in [3.63, 3.8) is 0 Å². The third kappa shape index (κ3) is 9.43. The average Bonchev–Trinajstić information content (AvgIpc) is 2.93. The van der Waals surface area contributed by atoms with Gasteiger partial charge < -0.3 is 9.73 Å². The number of amides is 1. The molecule has 0 radical (unpaired) electrons. The van der Waals surface area contributed by atoms with Crippen LogP contribution in [-0.2, 0) is 4.79 Å². The maximum atomic E-state index is 11.6. The molecule has 0 atom stereocenters. The SMILES string of the molecule is CCCCCCCCCCCNC(=O)/C=C/c1ccc(C)o1. The molecule has 1 aromatic heterocycles. The Morgan fingerprint density at radius 2 is 1.68 bits per heavy atom. The zero-order chi connectivity index (χ0) is 16.0. The number of hydrogen-bond donors (Lipinski definition) is 1. The van der Waals surface area contributed by atoms with Crippen LogP contribution in [0.4, 0.5) is 0 Å². The van der Waals surface area contributed by atoms with Crippen molar-refractivity contribution < 1.29 is 9.21 Å². The van der Waals surface area contributed by atoms with Gasteiger partial charge in [0.05, 0.1) is 0 Å². The zero-order valence-electron chi connectivity index (χ0n) is 14.2. The van der Waals surface area contributed by atoms with Gasteiger partial charge in [-0.3, -0.25) is 4.79 Å². The van der Waals surface area contributed by atoms with Gasteiger partial charge in [-0.2, -0.15) is 0 Å². The molecule has 0 unspecified atom stereocenters. The van der Waals surface area contributed by atoms with Crippen LogP contribution in [0.2, 0.25) is 0 Å². The number of hydrogen-bond acceptors (Lipinski definition) is 2. The van der Waals surface area contributed by atoms with Crippen LogP contribution in [0.1, 0.15) is 76.2 Å². The lowest BCUT2D eigenvalue weighted by atomic mass is 10.1. The van der Waals surface area contributed by atoms with Gasteiger partial charge in [-0.05, 0) is 31.6 Å². The molecule has 1 rings (SSSR count). The van der Waals surface area contributed by atoms with Crippen LogP contribution in [0.15, 0.2) is 22.6 Å². The summed E-state index contributed by atoms with van der Waals surface area (Å²) in [5, 5.41) is 2.91. The maximum absolute atomic E-state index is 11.6. The van der Waals surface area contributed by atoms with Crippen molar-refractivity contribution in [1.29, 1.82) is 0 Å². The van der Waals surface area contributed by atoms with E-state index in [1.54, 1.807) is 6.08 Å². The molecular formula is C19H31NO2. The minimum atomic E-state index is -0.0476. The molecule has 0 fully saturated rings. The van der Waals surface area contributed by atoms with Gasteiger partial charge in [0.25, 0.3) is 0 Å². The van der Waals surface area contributed by atoms with Gasteiger partial charge in [0.15, 0.2) is 0 Å². The molecule has 0 aliphatic heterocycles. The summed E-state index contributed by atoms with van der Waals surface area (Å²) in [5.41, 5.74) is 0. The summed E-state index contributed by atoms with van der Waals surface area (Å²) in [5.74, 6) is 1.53. The summed E-state index contributed by atoms with van der Waals surface area (Å²) in [6, 6.07) is 3.75. The molecule has 0 spiro atoms. The van der Waals surface area contributed by atoms with Gasteiger partial charge in [0.1, 0.15) is 11.5 Å². The van der Waals surface area contributed by atoms with E-state index in [1.807, 2.05) is 19.1 Å². The molecule has 1 amide bonds. The van der Waals surface area contributed by atoms with E-state index >= 15 is 0 Å². The molecule has 0 saturated carbocycles. The van der Waals surface area contributed by atoms with Crippen LogP contribution < -0.4 is 5.32 Å². The van der Waals surface area contributed by atoms with E-state index in [1.165, 1.54) is 57.4 Å². The molecule has 0 aliphatic carbocycles. The van der Waals surface area contributed by atoms with E-state index in [0.29, 0.717) is 0 Å². The summed E-state index contributed by atoms with van der Waals surface area (Å²) in [7, 11) is 0. The number of furan rings is 1. The lowest BCUT2D eigenvalue weighted by molar-refractivity contribution is -0.116. The first-order valence-electron chi connectivity index (χ1n) is 8.74. The standard InChI is InChI=1S/C19H31NO2/c1-3-4-5-6-7-8-9-10-11-16-20-19(21)15-14-18-13-12-17(2)22-18/h12-15H,3-11,16H2,1-2H3,(H,20,21)/b15-14+. The van der Waals surface area contributed by atoms with Gasteiger partial charge in [0.2, 0.25) is 5.91 Å². The number of aryl methyl sites for hydroxylation is 1. The van der Waals surface area contributed by atoms with Gasteiger partial charge in [-0.25, -0.2) is 0 Å². The highest BCUT2D eigenvalue weighted by molar-refractivity contribution is 5.91. The second kappa shape index (κ2) is 12.1. The monoisotopic (exact) mass is 305 g/mol. The van der Waals surface area contributed by atoms with Crippen LogP contribution in [0.5, 0.6) is 0 Å². The molecule has 1 aromatic rings. The summed E-state index contributed by atoms with van der Waals surface area (Å²) in [6.45, 7) is 4.90. The second-order valence-corrected chi connectivity index (χ2v) is 5.90. The third-order valence-electron chi connectivity index (χ3n) is 3.74. The van der Waals surface area contributed by atoms with E-state index < -0.39 is 0 Å². The molecule has 0 bridgehead atoms. The van der Waals surface area contributed by atoms with Gasteiger partial charge >= 0.3 is 0 Å². The quantitative estimate of drug-likeness (QED) is 0.423. The smallest absolute Gasteiger partial charge is 0.244 e. The van der Waals surface area contributed by atoms with E-state index in [4.69, 9.17) is 4.42 Å². The Kier molecular flexibility index (Phi) is 10.2. The van der Waals surface area contributed by atoms with E-state index in [2.05, 4.69) is 12.2 Å². The maximum Gasteiger partial charge on any atom is 0.244 e. The molecule has 1 N–H and O–H groups in total. The zero-order valence-corrected chi connectivity index (χ0v) is 14.2. The summed E-state index contributed by atoms with van der Waals surface area (Å²) in [4.78, 5) is 11.6. The van der Waals surface area contributed by atoms with Crippen LogP contribution in [0, 0.1) is 6.92 Å². The number of unbranched alkanes of at least 4 members (excludes halogenated alkanes) is 8. The first-order chi connectivity index (χ1) is 10.7. The Balaban J connectivity index is 1.94. The van der Waals surface area contributed by atoms with Crippen molar-refractivity contribution in [2.75, 3.05) is 6.54 Å². The van der Waals surface area contributed by atoms with Crippen LogP contribution in [0.25, 0.3) is 6.08 Å². The van der Waals surface area contributed by atoms with Crippen LogP contribution in [0.3, 0.4) is 0 Å². The Bertz CT molecular complexity index is 434. The first-order valence-corrected chi connectivity index (χ1v) is 8.74. The lowest BCUT2D eigenvalue weighted by Crippen LogP contribution is -2.21. The largest absolute Gasteiger partial charge is 0.462 e. The highest BCUT2D eigenvalue weighted by Crippen LogP contribution is 2.09. The molecule has 3 heteroatoms. The fourth-order valence-electron chi connectivity index (χ4n) is 2.41. The summed E-state index contributed by atoms with van der Waals surface area (Å²) in [6.07, 6.45) is 14.9. The van der Waals surface area contributed by atoms with Crippen molar-refractivity contribution in [2.24, 2.45) is 0 Å². The molecule has 0 saturated heterocycles. The Morgan fingerprint density at radius 3 is 2.27 bits per heavy atom. The minimum Gasteiger partial charge on any atom is -0.462 e. The van der Waals surface area contributed by atoms with Crippen molar-refractivity contribution in [3.05, 3.63) is 29.7 Å². The molecule has 124 valence electrons. The Hall–Kier alpha value is -1.51. The predicted molar refractivity (Wildman–Crippen MR) is 92.7 cm³/mol. The number of nitrogens with one attached hydrogen (secondary N) is 1. The van der Waals surface area contributed by atoms with E-state index in [-0.39, 0.29) is 5.91 Å². The van der Waals surface area contributed by atoms with Crippen molar-refractivity contribution in [2.45, 2.75) is 71.6 Å². The topological polar surface area (TPSA) is 42.2 Å². The predicted octanol–water partition coefficient (Wildman–Crippen LogP) is 5.25. The van der Waals surface area contributed by atoms with Crippen LogP contribution >= 0.6 is 0 Å². The van der Waals surface area contributed by atoms with Crippen molar-refractivity contribution in [3.8, 4) is 0 Å². The summed E-state index contributed by atoms with van der Waals surface area (Å²) < 4.78 is 5.37. The molecule has 22 heavy (non-hydrogen) atoms. The second-order valence-electron chi connectivity index (χ2n) is 5.90. The minimum absolute atomic E-state index is 0.0476. The Labute approximate surface area is 135 Å². The third-order valence-corrected chi connectivity index (χ3v) is 3.74. The van der Waals surface area contributed by atoms with E-state index in [9.17, 15) is 4.79 Å². The molecule has 0 aromatic carbocycles. The number of carbonyl (C=O) groups excluding carboxylic acids is 1. The van der Waals surface area contributed by atoms with Crippen molar-refractivity contribution in [1.82, 2.24) is 5.32 Å². The van der Waals surface area contributed by atoms with Gasteiger partial charge in [-0.1, -0.05) is 58.3 Å². The summed E-state index contributed by atoms with van der Waals surface area (Å²) >= 11 is 0. The highest BCUT2D eigenvalue weighted by Gasteiger charge is 1.97. The number of rotatable bonds is 12. The van der Waals surface area contributed by atoms with Crippen LogP contribution in [-0.4, -0.2) is 12.5 Å². The first kappa shape index (κ1) is 18.5. The van der Waals surface area contributed by atoms with Gasteiger partial charge in [0, 0.05) is 12.6 Å². The highest BCUT2D eigenvalue weighted by atomic mass is 16.3. The molecular weight excluding hydrogens is 274 g/mol. The van der Waals surface area contributed by atoms with E-state index in [0.717, 1.165) is 24.5 Å². The normalized spacial score (nSPS) is 11.2. The average molecular weight is 305 g/mol.